The van der Waals surface area contributed by atoms with Crippen LogP contribution in [0.1, 0.15) is 22.3 Å². The molecule has 0 saturated heterocycles. The van der Waals surface area contributed by atoms with Gasteiger partial charge in [0.1, 0.15) is 5.82 Å². The van der Waals surface area contributed by atoms with Crippen LogP contribution in [0.5, 0.6) is 0 Å². The van der Waals surface area contributed by atoms with Crippen molar-refractivity contribution in [2.75, 3.05) is 5.73 Å². The molecule has 0 aliphatic heterocycles. The van der Waals surface area contributed by atoms with E-state index in [2.05, 4.69) is 19.1 Å². The van der Waals surface area contributed by atoms with Crippen molar-refractivity contribution in [3.05, 3.63) is 64.5 Å². The third-order valence-corrected chi connectivity index (χ3v) is 3.16. The molecular weight excluding hydrogens is 213 g/mol. The summed E-state index contributed by atoms with van der Waals surface area (Å²) in [6.45, 7) is 4.00. The number of anilines is 1. The van der Waals surface area contributed by atoms with Crippen LogP contribution in [0.2, 0.25) is 0 Å². The van der Waals surface area contributed by atoms with E-state index in [1.165, 1.54) is 17.2 Å². The number of hydrogen-bond donors (Lipinski definition) is 1. The van der Waals surface area contributed by atoms with Crippen molar-refractivity contribution >= 4 is 5.69 Å². The SMILES string of the molecule is Cc1ccccc1Cc1cc(F)cc(N)c1C. The predicted octanol–water partition coefficient (Wildman–Crippen LogP) is 3.62. The molecule has 0 aliphatic carbocycles. The average molecular weight is 229 g/mol. The molecule has 2 aromatic carbocycles. The maximum absolute atomic E-state index is 13.3. The van der Waals surface area contributed by atoms with Gasteiger partial charge in [0.25, 0.3) is 0 Å². The van der Waals surface area contributed by atoms with Gasteiger partial charge in [-0.15, -0.1) is 0 Å². The van der Waals surface area contributed by atoms with Gasteiger partial charge in [-0.25, -0.2) is 4.39 Å². The van der Waals surface area contributed by atoms with Gasteiger partial charge in [0, 0.05) is 5.69 Å². The Morgan fingerprint density at radius 2 is 1.76 bits per heavy atom. The quantitative estimate of drug-likeness (QED) is 0.782. The fraction of sp³-hybridized carbons (Fsp3) is 0.200. The van der Waals surface area contributed by atoms with Crippen molar-refractivity contribution in [2.45, 2.75) is 20.3 Å². The molecule has 0 aromatic heterocycles. The Labute approximate surface area is 101 Å². The Morgan fingerprint density at radius 1 is 1.06 bits per heavy atom. The van der Waals surface area contributed by atoms with Crippen molar-refractivity contribution in [2.24, 2.45) is 0 Å². The number of rotatable bonds is 2. The molecule has 2 N–H and O–H groups in total. The summed E-state index contributed by atoms with van der Waals surface area (Å²) in [4.78, 5) is 0. The summed E-state index contributed by atoms with van der Waals surface area (Å²) in [7, 11) is 0. The largest absolute Gasteiger partial charge is 0.398 e. The van der Waals surface area contributed by atoms with E-state index in [0.29, 0.717) is 5.69 Å². The highest BCUT2D eigenvalue weighted by Gasteiger charge is 2.07. The molecule has 0 bridgehead atoms. The van der Waals surface area contributed by atoms with Crippen LogP contribution in [0.25, 0.3) is 0 Å². The lowest BCUT2D eigenvalue weighted by atomic mass is 9.96. The monoisotopic (exact) mass is 229 g/mol. The average Bonchev–Trinajstić information content (AvgIpc) is 2.28. The maximum atomic E-state index is 13.3. The zero-order valence-corrected chi connectivity index (χ0v) is 10.1. The molecule has 2 aromatic rings. The first kappa shape index (κ1) is 11.6. The second kappa shape index (κ2) is 4.58. The number of hydrogen-bond acceptors (Lipinski definition) is 1. The normalized spacial score (nSPS) is 10.5. The van der Waals surface area contributed by atoms with Crippen LogP contribution in [0, 0.1) is 19.7 Å². The predicted molar refractivity (Wildman–Crippen MR) is 69.5 cm³/mol. The van der Waals surface area contributed by atoms with Gasteiger partial charge >= 0.3 is 0 Å². The highest BCUT2D eigenvalue weighted by Crippen LogP contribution is 2.22. The summed E-state index contributed by atoms with van der Waals surface area (Å²) in [5.74, 6) is -0.267. The van der Waals surface area contributed by atoms with Crippen LogP contribution in [0.15, 0.2) is 36.4 Å². The second-order valence-corrected chi connectivity index (χ2v) is 4.38. The number of nitrogen functional groups attached to an aromatic ring is 1. The van der Waals surface area contributed by atoms with Crippen LogP contribution in [0.3, 0.4) is 0 Å². The van der Waals surface area contributed by atoms with Gasteiger partial charge in [0.15, 0.2) is 0 Å². The molecule has 17 heavy (non-hydrogen) atoms. The van der Waals surface area contributed by atoms with Crippen molar-refractivity contribution in [1.82, 2.24) is 0 Å². The summed E-state index contributed by atoms with van der Waals surface area (Å²) in [6, 6.07) is 11.1. The number of halogens is 1. The molecule has 1 nitrogen and oxygen atoms in total. The smallest absolute Gasteiger partial charge is 0.125 e. The fourth-order valence-electron chi connectivity index (χ4n) is 1.96. The molecule has 0 fully saturated rings. The Kier molecular flexibility index (Phi) is 3.14. The zero-order chi connectivity index (χ0) is 12.4. The Morgan fingerprint density at radius 3 is 2.47 bits per heavy atom. The summed E-state index contributed by atoms with van der Waals surface area (Å²) in [6.07, 6.45) is 0.723. The second-order valence-electron chi connectivity index (χ2n) is 4.38. The molecule has 0 aliphatic rings. The van der Waals surface area contributed by atoms with E-state index in [-0.39, 0.29) is 5.82 Å². The molecule has 0 saturated carbocycles. The lowest BCUT2D eigenvalue weighted by molar-refractivity contribution is 0.626. The van der Waals surface area contributed by atoms with E-state index in [1.54, 1.807) is 6.07 Å². The maximum Gasteiger partial charge on any atom is 0.125 e. The Balaban J connectivity index is 2.40. The molecule has 2 rings (SSSR count). The minimum absolute atomic E-state index is 0.267. The number of aryl methyl sites for hydroxylation is 1. The van der Waals surface area contributed by atoms with Gasteiger partial charge in [-0.2, -0.15) is 0 Å². The van der Waals surface area contributed by atoms with Gasteiger partial charge in [-0.05, 0) is 54.7 Å². The molecule has 88 valence electrons. The molecule has 0 unspecified atom stereocenters. The highest BCUT2D eigenvalue weighted by atomic mass is 19.1. The van der Waals surface area contributed by atoms with E-state index >= 15 is 0 Å². The third kappa shape index (κ3) is 2.47. The molecule has 0 radical (unpaired) electrons. The van der Waals surface area contributed by atoms with E-state index in [1.807, 2.05) is 19.1 Å². The summed E-state index contributed by atoms with van der Waals surface area (Å²) >= 11 is 0. The summed E-state index contributed by atoms with van der Waals surface area (Å²) in [5, 5.41) is 0. The van der Waals surface area contributed by atoms with Crippen LogP contribution < -0.4 is 5.73 Å². The number of benzene rings is 2. The fourth-order valence-corrected chi connectivity index (χ4v) is 1.96. The molecule has 0 heterocycles. The Hall–Kier alpha value is -1.83. The lowest BCUT2D eigenvalue weighted by Gasteiger charge is -2.10. The van der Waals surface area contributed by atoms with Crippen LogP contribution in [0.4, 0.5) is 10.1 Å². The van der Waals surface area contributed by atoms with Gasteiger partial charge in [-0.1, -0.05) is 24.3 Å². The van der Waals surface area contributed by atoms with Crippen LogP contribution in [-0.2, 0) is 6.42 Å². The topological polar surface area (TPSA) is 26.0 Å². The third-order valence-electron chi connectivity index (χ3n) is 3.16. The van der Waals surface area contributed by atoms with Crippen molar-refractivity contribution in [1.29, 1.82) is 0 Å². The molecule has 0 spiro atoms. The first-order valence-corrected chi connectivity index (χ1v) is 5.67. The van der Waals surface area contributed by atoms with E-state index < -0.39 is 0 Å². The standard InChI is InChI=1S/C15H16FN/c1-10-5-3-4-6-12(10)7-13-8-14(16)9-15(17)11(13)2/h3-6,8-9H,7,17H2,1-2H3. The van der Waals surface area contributed by atoms with Gasteiger partial charge in [-0.3, -0.25) is 0 Å². The van der Waals surface area contributed by atoms with E-state index in [0.717, 1.165) is 17.5 Å². The lowest BCUT2D eigenvalue weighted by Crippen LogP contribution is -1.99. The van der Waals surface area contributed by atoms with Gasteiger partial charge in [0.05, 0.1) is 0 Å². The minimum atomic E-state index is -0.267. The van der Waals surface area contributed by atoms with Gasteiger partial charge < -0.3 is 5.73 Å². The van der Waals surface area contributed by atoms with Crippen LogP contribution >= 0.6 is 0 Å². The Bertz CT molecular complexity index is 547. The first-order chi connectivity index (χ1) is 8.08. The van der Waals surface area contributed by atoms with E-state index in [9.17, 15) is 4.39 Å². The molecule has 0 amide bonds. The van der Waals surface area contributed by atoms with Crippen molar-refractivity contribution < 1.29 is 4.39 Å². The summed E-state index contributed by atoms with van der Waals surface area (Å²) < 4.78 is 13.3. The number of nitrogens with two attached hydrogens (primary N) is 1. The summed E-state index contributed by atoms with van der Waals surface area (Å²) in [5.41, 5.74) is 10.6. The van der Waals surface area contributed by atoms with E-state index in [4.69, 9.17) is 5.73 Å². The molecule has 2 heteroatoms. The first-order valence-electron chi connectivity index (χ1n) is 5.67. The van der Waals surface area contributed by atoms with Crippen molar-refractivity contribution in [3.8, 4) is 0 Å². The van der Waals surface area contributed by atoms with Crippen molar-refractivity contribution in [3.63, 3.8) is 0 Å². The highest BCUT2D eigenvalue weighted by molar-refractivity contribution is 5.52. The van der Waals surface area contributed by atoms with Crippen LogP contribution in [-0.4, -0.2) is 0 Å². The zero-order valence-electron chi connectivity index (χ0n) is 10.1. The minimum Gasteiger partial charge on any atom is -0.398 e. The molecule has 0 atom stereocenters. The van der Waals surface area contributed by atoms with Gasteiger partial charge in [0.2, 0.25) is 0 Å². The molecular formula is C15H16FN.